The van der Waals surface area contributed by atoms with Crippen molar-refractivity contribution in [2.24, 2.45) is 0 Å². The van der Waals surface area contributed by atoms with Crippen molar-refractivity contribution in [1.29, 1.82) is 0 Å². The average Bonchev–Trinajstić information content (AvgIpc) is 2.54. The lowest BCUT2D eigenvalue weighted by Crippen LogP contribution is -2.25. The van der Waals surface area contributed by atoms with Crippen molar-refractivity contribution in [1.82, 2.24) is 9.55 Å². The quantitative estimate of drug-likeness (QED) is 0.725. The summed E-state index contributed by atoms with van der Waals surface area (Å²) in [5.41, 5.74) is -1.02. The van der Waals surface area contributed by atoms with Gasteiger partial charge in [-0.2, -0.15) is 18.2 Å². The molecule has 0 saturated carbocycles. The zero-order valence-electron chi connectivity index (χ0n) is 12.9. The molecule has 0 radical (unpaired) electrons. The van der Waals surface area contributed by atoms with Gasteiger partial charge in [-0.3, -0.25) is 4.57 Å². The minimum absolute atomic E-state index is 0.100. The van der Waals surface area contributed by atoms with Crippen LogP contribution in [0.1, 0.15) is 18.4 Å². The van der Waals surface area contributed by atoms with Gasteiger partial charge in [0.1, 0.15) is 5.82 Å². The van der Waals surface area contributed by atoms with Gasteiger partial charge in [-0.1, -0.05) is 33.6 Å². The molecular formula is C16H12BrClF3N3O. The summed E-state index contributed by atoms with van der Waals surface area (Å²) in [6.45, 7) is 0. The van der Waals surface area contributed by atoms with Crippen molar-refractivity contribution in [2.75, 3.05) is 12.4 Å². The predicted octanol–water partition coefficient (Wildman–Crippen LogP) is 4.98. The van der Waals surface area contributed by atoms with Crippen molar-refractivity contribution in [3.8, 4) is 0 Å². The largest absolute Gasteiger partial charge is 0.417 e. The van der Waals surface area contributed by atoms with Gasteiger partial charge in [-0.05, 0) is 31.1 Å². The normalized spacial score (nSPS) is 15.1. The van der Waals surface area contributed by atoms with Gasteiger partial charge >= 0.3 is 11.9 Å². The number of anilines is 1. The molecule has 1 aliphatic rings. The molecule has 0 unspecified atom stereocenters. The molecule has 1 aromatic heterocycles. The molecule has 1 N–H and O–H groups in total. The smallest absolute Gasteiger partial charge is 0.372 e. The number of nitrogens with zero attached hydrogens (tertiary/aromatic N) is 2. The monoisotopic (exact) mass is 433 g/mol. The van der Waals surface area contributed by atoms with E-state index in [0.29, 0.717) is 29.0 Å². The van der Waals surface area contributed by atoms with Crippen LogP contribution in [0.3, 0.4) is 0 Å². The highest BCUT2D eigenvalue weighted by Gasteiger charge is 2.34. The van der Waals surface area contributed by atoms with Crippen molar-refractivity contribution >= 4 is 49.9 Å². The summed E-state index contributed by atoms with van der Waals surface area (Å²) < 4.78 is 41.0. The number of benzene rings is 1. The summed E-state index contributed by atoms with van der Waals surface area (Å²) in [5, 5.41) is 3.44. The van der Waals surface area contributed by atoms with Crippen molar-refractivity contribution in [3.63, 3.8) is 0 Å². The maximum absolute atomic E-state index is 13.3. The summed E-state index contributed by atoms with van der Waals surface area (Å²) in [5.74, 6) is 0.203. The molecule has 2 aromatic rings. The molecular weight excluding hydrogens is 423 g/mol. The Bertz CT molecular complexity index is 979. The summed E-state index contributed by atoms with van der Waals surface area (Å²) in [7, 11) is 1.55. The number of rotatable bonds is 2. The lowest BCUT2D eigenvalue weighted by molar-refractivity contribution is -0.138. The minimum atomic E-state index is -4.57. The standard InChI is InChI=1S/C16H12BrClF3N3O/c1-22-14-8-6-10(17)9(16(19,20)21)7-13(8)24(15(25)23-14)12-5-3-2-4-11(12)18/h2,4,6-7H,3,5H2,1H3,(H,22,23,25). The average molecular weight is 435 g/mol. The molecule has 132 valence electrons. The first kappa shape index (κ1) is 18.0. The van der Waals surface area contributed by atoms with Crippen LogP contribution in [0.2, 0.25) is 0 Å². The molecule has 25 heavy (non-hydrogen) atoms. The first-order valence-electron chi connectivity index (χ1n) is 7.31. The molecule has 1 heterocycles. The zero-order valence-corrected chi connectivity index (χ0v) is 15.3. The van der Waals surface area contributed by atoms with E-state index in [2.05, 4.69) is 26.2 Å². The Labute approximate surface area is 154 Å². The maximum atomic E-state index is 13.3. The number of nitrogens with one attached hydrogen (secondary N) is 1. The summed E-state index contributed by atoms with van der Waals surface area (Å²) in [6, 6.07) is 2.25. The van der Waals surface area contributed by atoms with Crippen LogP contribution in [0.5, 0.6) is 0 Å². The highest BCUT2D eigenvalue weighted by Crippen LogP contribution is 2.39. The number of aromatic nitrogens is 2. The molecule has 3 rings (SSSR count). The van der Waals surface area contributed by atoms with Crippen LogP contribution in [-0.2, 0) is 6.18 Å². The van der Waals surface area contributed by atoms with E-state index in [1.54, 1.807) is 13.1 Å². The molecule has 0 fully saturated rings. The molecule has 4 nitrogen and oxygen atoms in total. The predicted molar refractivity (Wildman–Crippen MR) is 95.7 cm³/mol. The summed E-state index contributed by atoms with van der Waals surface area (Å²) in [4.78, 5) is 16.4. The fourth-order valence-electron chi connectivity index (χ4n) is 2.76. The molecule has 0 atom stereocenters. The van der Waals surface area contributed by atoms with Crippen LogP contribution in [0, 0.1) is 0 Å². The van der Waals surface area contributed by atoms with Gasteiger partial charge in [0, 0.05) is 22.6 Å². The third kappa shape index (κ3) is 3.20. The second-order valence-electron chi connectivity index (χ2n) is 5.41. The maximum Gasteiger partial charge on any atom is 0.417 e. The van der Waals surface area contributed by atoms with E-state index in [-0.39, 0.29) is 15.8 Å². The Morgan fingerprint density at radius 3 is 2.68 bits per heavy atom. The lowest BCUT2D eigenvalue weighted by Gasteiger charge is -2.19. The second-order valence-corrected chi connectivity index (χ2v) is 6.67. The number of halogens is 5. The third-order valence-corrected chi connectivity index (χ3v) is 4.88. The fraction of sp³-hybridized carbons (Fsp3) is 0.250. The Morgan fingerprint density at radius 1 is 1.36 bits per heavy atom. The van der Waals surface area contributed by atoms with Gasteiger partial charge in [0.2, 0.25) is 0 Å². The number of allylic oxidation sites excluding steroid dienone is 4. The highest BCUT2D eigenvalue weighted by molar-refractivity contribution is 9.10. The Morgan fingerprint density at radius 2 is 2.08 bits per heavy atom. The first-order chi connectivity index (χ1) is 11.7. The topological polar surface area (TPSA) is 46.9 Å². The Kier molecular flexibility index (Phi) is 4.68. The van der Waals surface area contributed by atoms with E-state index in [0.717, 1.165) is 10.6 Å². The Balaban J connectivity index is 2.47. The van der Waals surface area contributed by atoms with Crippen LogP contribution in [0.4, 0.5) is 19.0 Å². The van der Waals surface area contributed by atoms with Crippen molar-refractivity contribution < 1.29 is 13.2 Å². The molecule has 9 heteroatoms. The number of fused-ring (bicyclic) bond motifs is 1. The van der Waals surface area contributed by atoms with E-state index in [1.807, 2.05) is 6.08 Å². The minimum Gasteiger partial charge on any atom is -0.372 e. The first-order valence-corrected chi connectivity index (χ1v) is 8.48. The molecule has 0 saturated heterocycles. The third-order valence-electron chi connectivity index (χ3n) is 3.88. The molecule has 0 aliphatic heterocycles. The van der Waals surface area contributed by atoms with Gasteiger partial charge in [0.15, 0.2) is 0 Å². The number of hydrogen-bond acceptors (Lipinski definition) is 3. The second kappa shape index (κ2) is 6.49. The zero-order chi connectivity index (χ0) is 18.4. The Hall–Kier alpha value is -1.80. The van der Waals surface area contributed by atoms with Gasteiger partial charge in [-0.25, -0.2) is 4.79 Å². The summed E-state index contributed by atoms with van der Waals surface area (Å²) in [6.07, 6.45) is -0.0275. The molecule has 1 aliphatic carbocycles. The van der Waals surface area contributed by atoms with Crippen molar-refractivity contribution in [3.05, 3.63) is 49.8 Å². The number of alkyl halides is 3. The fourth-order valence-corrected chi connectivity index (χ4v) is 3.59. The van der Waals surface area contributed by atoms with Crippen LogP contribution >= 0.6 is 27.5 Å². The van der Waals surface area contributed by atoms with Gasteiger partial charge in [0.25, 0.3) is 0 Å². The van der Waals surface area contributed by atoms with Gasteiger partial charge in [-0.15, -0.1) is 0 Å². The molecule has 1 aromatic carbocycles. The highest BCUT2D eigenvalue weighted by atomic mass is 79.9. The van der Waals surface area contributed by atoms with E-state index in [4.69, 9.17) is 11.6 Å². The molecule has 0 bridgehead atoms. The van der Waals surface area contributed by atoms with Crippen LogP contribution < -0.4 is 11.0 Å². The van der Waals surface area contributed by atoms with Gasteiger partial charge < -0.3 is 5.32 Å². The summed E-state index contributed by atoms with van der Waals surface area (Å²) >= 11 is 9.14. The van der Waals surface area contributed by atoms with E-state index < -0.39 is 17.4 Å². The molecule has 0 amide bonds. The van der Waals surface area contributed by atoms with E-state index in [9.17, 15) is 18.0 Å². The lowest BCUT2D eigenvalue weighted by atomic mass is 10.1. The SMILES string of the molecule is CNc1nc(=O)n(C2=C(Cl)C=CCC2)c2cc(C(F)(F)F)c(Br)cc12. The van der Waals surface area contributed by atoms with Crippen LogP contribution in [-0.4, -0.2) is 16.6 Å². The van der Waals surface area contributed by atoms with E-state index in [1.165, 1.54) is 6.07 Å². The van der Waals surface area contributed by atoms with Gasteiger partial charge in [0.05, 0.1) is 16.1 Å². The van der Waals surface area contributed by atoms with Crippen molar-refractivity contribution in [2.45, 2.75) is 19.0 Å². The molecule has 0 spiro atoms. The van der Waals surface area contributed by atoms with Crippen LogP contribution in [0.15, 0.2) is 38.6 Å². The van der Waals surface area contributed by atoms with Crippen LogP contribution in [0.25, 0.3) is 16.6 Å². The van der Waals surface area contributed by atoms with E-state index >= 15 is 0 Å². The number of hydrogen-bond donors (Lipinski definition) is 1.